The summed E-state index contributed by atoms with van der Waals surface area (Å²) >= 11 is 0. The fraction of sp³-hybridized carbons (Fsp3) is 0.407. The molecule has 1 saturated heterocycles. The Hall–Kier alpha value is -3.32. The summed E-state index contributed by atoms with van der Waals surface area (Å²) in [6.07, 6.45) is 10.5. The molecule has 2 amide bonds. The van der Waals surface area contributed by atoms with Crippen molar-refractivity contribution in [2.24, 2.45) is 0 Å². The molecule has 1 aliphatic carbocycles. The van der Waals surface area contributed by atoms with Gasteiger partial charge in [0.25, 0.3) is 0 Å². The van der Waals surface area contributed by atoms with E-state index in [2.05, 4.69) is 50.7 Å². The molecule has 7 nitrogen and oxygen atoms in total. The molecule has 1 aromatic carbocycles. The predicted octanol–water partition coefficient (Wildman–Crippen LogP) is 4.12. The number of nitrogens with one attached hydrogen (secondary N) is 2. The number of allylic oxidation sites excluding steroid dienone is 4. The fourth-order valence-electron chi connectivity index (χ4n) is 5.67. The molecular weight excluding hydrogens is 426 g/mol. The van der Waals surface area contributed by atoms with E-state index in [1.807, 2.05) is 17.2 Å². The first-order chi connectivity index (χ1) is 16.7. The van der Waals surface area contributed by atoms with Crippen molar-refractivity contribution in [1.82, 2.24) is 25.3 Å². The molecule has 2 N–H and O–H groups in total. The first kappa shape index (κ1) is 21.2. The molecule has 1 fully saturated rings. The number of nitrogens with zero attached hydrogens (tertiary/aromatic N) is 3. The van der Waals surface area contributed by atoms with E-state index in [9.17, 15) is 4.79 Å². The number of benzene rings is 1. The maximum Gasteiger partial charge on any atom is 0.317 e. The van der Waals surface area contributed by atoms with Crippen LogP contribution in [0.5, 0.6) is 0 Å². The molecule has 1 atom stereocenters. The van der Waals surface area contributed by atoms with Gasteiger partial charge in [0, 0.05) is 43.4 Å². The van der Waals surface area contributed by atoms with Crippen LogP contribution in [0.3, 0.4) is 0 Å². The van der Waals surface area contributed by atoms with E-state index in [-0.39, 0.29) is 12.1 Å². The molecule has 34 heavy (non-hydrogen) atoms. The van der Waals surface area contributed by atoms with Crippen molar-refractivity contribution in [2.75, 3.05) is 19.6 Å². The Labute approximate surface area is 200 Å². The van der Waals surface area contributed by atoms with Gasteiger partial charge in [-0.05, 0) is 60.6 Å². The number of amides is 2. The largest absolute Gasteiger partial charge is 0.472 e. The maximum absolute atomic E-state index is 13.2. The van der Waals surface area contributed by atoms with Crippen molar-refractivity contribution >= 4 is 11.6 Å². The zero-order valence-electron chi connectivity index (χ0n) is 19.4. The predicted molar refractivity (Wildman–Crippen MR) is 130 cm³/mol. The second-order valence-corrected chi connectivity index (χ2v) is 9.68. The highest BCUT2D eigenvalue weighted by Gasteiger charge is 2.31. The van der Waals surface area contributed by atoms with Crippen LogP contribution in [0.2, 0.25) is 0 Å². The van der Waals surface area contributed by atoms with Crippen LogP contribution in [0.15, 0.2) is 60.1 Å². The highest BCUT2D eigenvalue weighted by molar-refractivity contribution is 5.80. The molecule has 0 bridgehead atoms. The van der Waals surface area contributed by atoms with E-state index >= 15 is 0 Å². The summed E-state index contributed by atoms with van der Waals surface area (Å²) in [6, 6.07) is 10.8. The Kier molecular flexibility index (Phi) is 5.71. The lowest BCUT2D eigenvalue weighted by Gasteiger charge is -2.35. The van der Waals surface area contributed by atoms with Gasteiger partial charge in [-0.15, -0.1) is 0 Å². The minimum atomic E-state index is 0.0417. The molecular formula is C27H31N5O2. The van der Waals surface area contributed by atoms with Crippen LogP contribution < -0.4 is 5.32 Å². The van der Waals surface area contributed by atoms with Gasteiger partial charge in [-0.25, -0.2) is 4.79 Å². The van der Waals surface area contributed by atoms with Crippen molar-refractivity contribution in [3.8, 4) is 0 Å². The zero-order valence-corrected chi connectivity index (χ0v) is 19.4. The summed E-state index contributed by atoms with van der Waals surface area (Å²) < 4.78 is 5.35. The molecule has 0 saturated carbocycles. The second kappa shape index (κ2) is 9.14. The monoisotopic (exact) mass is 457 g/mol. The average molecular weight is 458 g/mol. The summed E-state index contributed by atoms with van der Waals surface area (Å²) in [4.78, 5) is 17.6. The van der Waals surface area contributed by atoms with Crippen LogP contribution in [-0.2, 0) is 24.2 Å². The fourth-order valence-corrected chi connectivity index (χ4v) is 5.67. The molecule has 0 radical (unpaired) electrons. The number of urea groups is 1. The van der Waals surface area contributed by atoms with Crippen molar-refractivity contribution < 1.29 is 9.53 Å². The van der Waals surface area contributed by atoms with Crippen molar-refractivity contribution in [3.63, 3.8) is 0 Å². The number of carbonyl (C=O) groups excluding carboxylic acids is 1. The summed E-state index contributed by atoms with van der Waals surface area (Å²) in [5.74, 6) is 0. The molecule has 0 spiro atoms. The molecule has 0 unspecified atom stereocenters. The third-order valence-corrected chi connectivity index (χ3v) is 7.43. The van der Waals surface area contributed by atoms with E-state index in [0.717, 1.165) is 63.1 Å². The maximum atomic E-state index is 13.2. The van der Waals surface area contributed by atoms with Crippen LogP contribution in [0.25, 0.3) is 5.57 Å². The quantitative estimate of drug-likeness (QED) is 0.725. The summed E-state index contributed by atoms with van der Waals surface area (Å²) in [7, 11) is 0. The number of aromatic amines is 1. The van der Waals surface area contributed by atoms with Crippen LogP contribution in [-0.4, -0.2) is 51.7 Å². The lowest BCUT2D eigenvalue weighted by atomic mass is 9.98. The number of rotatable bonds is 4. The SMILES string of the molecule is O=C(N[C@@H]1CCCN(Cc2ccccc2)C1)N1CCc2[nH]nc(C3=C4C=COC=C4CC3)c2C1. The first-order valence-corrected chi connectivity index (χ1v) is 12.4. The minimum absolute atomic E-state index is 0.0417. The van der Waals surface area contributed by atoms with Gasteiger partial charge in [0.05, 0.1) is 24.8 Å². The molecule has 4 aliphatic rings. The van der Waals surface area contributed by atoms with E-state index < -0.39 is 0 Å². The Morgan fingerprint density at radius 2 is 2.09 bits per heavy atom. The number of carbonyl (C=O) groups is 1. The van der Waals surface area contributed by atoms with Crippen LogP contribution >= 0.6 is 0 Å². The Morgan fingerprint density at radius 1 is 1.18 bits per heavy atom. The number of piperidine rings is 1. The smallest absolute Gasteiger partial charge is 0.317 e. The van der Waals surface area contributed by atoms with Crippen LogP contribution in [0.4, 0.5) is 4.79 Å². The molecule has 3 aliphatic heterocycles. The lowest BCUT2D eigenvalue weighted by molar-refractivity contribution is 0.160. The van der Waals surface area contributed by atoms with Crippen LogP contribution in [0, 0.1) is 0 Å². The van der Waals surface area contributed by atoms with Gasteiger partial charge in [-0.2, -0.15) is 5.10 Å². The third-order valence-electron chi connectivity index (χ3n) is 7.43. The van der Waals surface area contributed by atoms with Crippen molar-refractivity contribution in [1.29, 1.82) is 0 Å². The number of ether oxygens (including phenoxy) is 1. The van der Waals surface area contributed by atoms with Gasteiger partial charge in [0.1, 0.15) is 0 Å². The van der Waals surface area contributed by atoms with Gasteiger partial charge in [0.15, 0.2) is 0 Å². The molecule has 7 heteroatoms. The van der Waals surface area contributed by atoms with Crippen molar-refractivity contribution in [2.45, 2.75) is 51.2 Å². The molecule has 2 aromatic rings. The lowest BCUT2D eigenvalue weighted by Crippen LogP contribution is -2.52. The first-order valence-electron chi connectivity index (χ1n) is 12.4. The number of hydrogen-bond acceptors (Lipinski definition) is 4. The zero-order chi connectivity index (χ0) is 22.9. The number of fused-ring (bicyclic) bond motifs is 2. The van der Waals surface area contributed by atoms with E-state index in [1.165, 1.54) is 27.8 Å². The standard InChI is InChI=1S/C27H31N5O2/c33-27(28-21-7-4-12-31(16-21)15-19-5-2-1-3-6-19)32-13-10-25-24(17-32)26(30-29-25)23-9-8-20-18-34-14-11-22(20)23/h1-3,5-6,11,14,18,21H,4,7-10,12-13,15-17H2,(H,28,33)(H,29,30)/t21-/m1/s1. The number of aromatic nitrogens is 2. The molecule has 4 heterocycles. The highest BCUT2D eigenvalue weighted by Crippen LogP contribution is 2.41. The van der Waals surface area contributed by atoms with Gasteiger partial charge in [-0.1, -0.05) is 30.3 Å². The minimum Gasteiger partial charge on any atom is -0.472 e. The molecule has 1 aromatic heterocycles. The second-order valence-electron chi connectivity index (χ2n) is 9.68. The van der Waals surface area contributed by atoms with Crippen LogP contribution in [0.1, 0.15) is 48.2 Å². The van der Waals surface area contributed by atoms with E-state index in [4.69, 9.17) is 4.74 Å². The topological polar surface area (TPSA) is 73.5 Å². The average Bonchev–Trinajstić information content (AvgIpc) is 3.48. The Bertz CT molecular complexity index is 1160. The number of likely N-dealkylation sites (tertiary alicyclic amines) is 1. The van der Waals surface area contributed by atoms with Gasteiger partial charge >= 0.3 is 6.03 Å². The number of H-pyrrole nitrogens is 1. The normalized spacial score (nSPS) is 22.2. The van der Waals surface area contributed by atoms with E-state index in [0.29, 0.717) is 13.1 Å². The van der Waals surface area contributed by atoms with Crippen molar-refractivity contribution in [3.05, 3.63) is 82.6 Å². The van der Waals surface area contributed by atoms with Gasteiger partial charge < -0.3 is 15.0 Å². The summed E-state index contributed by atoms with van der Waals surface area (Å²) in [5.41, 5.74) is 8.38. The van der Waals surface area contributed by atoms with E-state index in [1.54, 1.807) is 6.26 Å². The van der Waals surface area contributed by atoms with Gasteiger partial charge in [-0.3, -0.25) is 10.00 Å². The summed E-state index contributed by atoms with van der Waals surface area (Å²) in [6.45, 7) is 4.23. The molecule has 6 rings (SSSR count). The highest BCUT2D eigenvalue weighted by atomic mass is 16.5. The third kappa shape index (κ3) is 4.16. The molecule has 176 valence electrons. The van der Waals surface area contributed by atoms with Gasteiger partial charge in [0.2, 0.25) is 0 Å². The Balaban J connectivity index is 1.12. The summed E-state index contributed by atoms with van der Waals surface area (Å²) in [5, 5.41) is 11.3. The Morgan fingerprint density at radius 3 is 3.00 bits per heavy atom. The number of hydrogen-bond donors (Lipinski definition) is 2.